The van der Waals surface area contributed by atoms with Crippen LogP contribution in [0.15, 0.2) is 29.2 Å². The first-order valence-corrected chi connectivity index (χ1v) is 10.1. The maximum Gasteiger partial charge on any atom is 0.238 e. The summed E-state index contributed by atoms with van der Waals surface area (Å²) in [7, 11) is 1.77. The van der Waals surface area contributed by atoms with Gasteiger partial charge in [-0.1, -0.05) is 32.9 Å². The Morgan fingerprint density at radius 3 is 2.19 bits per heavy atom. The van der Waals surface area contributed by atoms with Gasteiger partial charge in [0, 0.05) is 10.4 Å². The van der Waals surface area contributed by atoms with E-state index in [-0.39, 0.29) is 35.9 Å². The molecule has 0 saturated carbocycles. The van der Waals surface area contributed by atoms with E-state index < -0.39 is 0 Å². The Morgan fingerprint density at radius 1 is 1.04 bits per heavy atom. The average Bonchev–Trinajstić information content (AvgIpc) is 2.43. The van der Waals surface area contributed by atoms with Crippen LogP contribution in [-0.4, -0.2) is 48.6 Å². The van der Waals surface area contributed by atoms with E-state index in [1.807, 2.05) is 44.4 Å². The van der Waals surface area contributed by atoms with Crippen LogP contribution >= 0.6 is 11.8 Å². The monoisotopic (exact) mass is 379 g/mol. The first-order valence-electron chi connectivity index (χ1n) is 8.84. The summed E-state index contributed by atoms with van der Waals surface area (Å²) < 4.78 is 0. The lowest BCUT2D eigenvalue weighted by molar-refractivity contribution is -0.124. The molecule has 0 atom stereocenters. The third-order valence-electron chi connectivity index (χ3n) is 3.66. The van der Waals surface area contributed by atoms with Crippen LogP contribution in [0.2, 0.25) is 0 Å². The highest BCUT2D eigenvalue weighted by molar-refractivity contribution is 7.98. The third kappa shape index (κ3) is 8.72. The van der Waals surface area contributed by atoms with E-state index in [0.29, 0.717) is 0 Å². The molecule has 0 aliphatic heterocycles. The van der Waals surface area contributed by atoms with Crippen molar-refractivity contribution in [2.75, 3.05) is 31.7 Å². The van der Waals surface area contributed by atoms with Crippen molar-refractivity contribution < 1.29 is 9.59 Å². The predicted molar refractivity (Wildman–Crippen MR) is 111 cm³/mol. The van der Waals surface area contributed by atoms with Crippen LogP contribution < -0.4 is 10.6 Å². The first kappa shape index (κ1) is 22.5. The molecule has 0 aromatic heterocycles. The Bertz CT molecular complexity index is 624. The summed E-state index contributed by atoms with van der Waals surface area (Å²) in [5.74, 6) is -0.199. The molecule has 0 saturated heterocycles. The SMILES string of the molecule is CSc1ccccc1NC(=O)CN(C)CC(=O)NC(C)(C)CC(C)(C)C. The average molecular weight is 380 g/mol. The lowest BCUT2D eigenvalue weighted by Gasteiger charge is -2.33. The molecule has 0 spiro atoms. The van der Waals surface area contributed by atoms with Gasteiger partial charge < -0.3 is 10.6 Å². The van der Waals surface area contributed by atoms with Crippen LogP contribution in [0.4, 0.5) is 5.69 Å². The van der Waals surface area contributed by atoms with Gasteiger partial charge in [-0.25, -0.2) is 0 Å². The van der Waals surface area contributed by atoms with Crippen LogP contribution in [0.1, 0.15) is 41.0 Å². The third-order valence-corrected chi connectivity index (χ3v) is 4.45. The quantitative estimate of drug-likeness (QED) is 0.678. The number of hydrogen-bond donors (Lipinski definition) is 2. The van der Waals surface area contributed by atoms with Crippen LogP contribution in [0.3, 0.4) is 0 Å². The molecular weight excluding hydrogens is 346 g/mol. The van der Waals surface area contributed by atoms with E-state index in [9.17, 15) is 9.59 Å². The Morgan fingerprint density at radius 2 is 1.62 bits per heavy atom. The van der Waals surface area contributed by atoms with Gasteiger partial charge in [0.15, 0.2) is 0 Å². The molecular formula is C20H33N3O2S. The molecule has 0 aliphatic rings. The first-order chi connectivity index (χ1) is 11.9. The highest BCUT2D eigenvalue weighted by Gasteiger charge is 2.27. The topological polar surface area (TPSA) is 61.4 Å². The number of anilines is 1. The van der Waals surface area contributed by atoms with Crippen molar-refractivity contribution in [3.05, 3.63) is 24.3 Å². The van der Waals surface area contributed by atoms with Gasteiger partial charge in [0.05, 0.1) is 18.8 Å². The summed E-state index contributed by atoms with van der Waals surface area (Å²) in [6.07, 6.45) is 2.85. The number of nitrogens with one attached hydrogen (secondary N) is 2. The normalized spacial score (nSPS) is 12.2. The lowest BCUT2D eigenvalue weighted by atomic mass is 9.82. The van der Waals surface area contributed by atoms with Gasteiger partial charge >= 0.3 is 0 Å². The van der Waals surface area contributed by atoms with Gasteiger partial charge in [0.25, 0.3) is 0 Å². The standard InChI is InChI=1S/C20H33N3O2S/c1-19(2,3)14-20(4,5)22-18(25)13-23(6)12-17(24)21-15-10-8-9-11-16(15)26-7/h8-11H,12-14H2,1-7H3,(H,21,24)(H,22,25). The molecule has 5 nitrogen and oxygen atoms in total. The second kappa shape index (κ2) is 9.42. The maximum absolute atomic E-state index is 12.3. The summed E-state index contributed by atoms with van der Waals surface area (Å²) in [5, 5.41) is 5.98. The molecule has 0 radical (unpaired) electrons. The van der Waals surface area contributed by atoms with Crippen LogP contribution in [0.5, 0.6) is 0 Å². The van der Waals surface area contributed by atoms with Crippen LogP contribution in [0, 0.1) is 5.41 Å². The zero-order chi connectivity index (χ0) is 20.0. The van der Waals surface area contributed by atoms with Crippen molar-refractivity contribution in [1.82, 2.24) is 10.2 Å². The molecule has 0 heterocycles. The number of carbonyl (C=O) groups is 2. The number of likely N-dealkylation sites (N-methyl/N-ethyl adjacent to an activating group) is 1. The number of para-hydroxylation sites is 1. The molecule has 146 valence electrons. The van der Waals surface area contributed by atoms with Crippen molar-refractivity contribution in [3.63, 3.8) is 0 Å². The number of rotatable bonds is 8. The van der Waals surface area contributed by atoms with Gasteiger partial charge in [-0.2, -0.15) is 0 Å². The summed E-state index contributed by atoms with van der Waals surface area (Å²) >= 11 is 1.59. The molecule has 2 amide bonds. The van der Waals surface area contributed by atoms with Crippen molar-refractivity contribution in [1.29, 1.82) is 0 Å². The largest absolute Gasteiger partial charge is 0.350 e. The minimum atomic E-state index is -0.282. The Labute approximate surface area is 162 Å². The minimum absolute atomic E-state index is 0.0703. The van der Waals surface area contributed by atoms with E-state index in [0.717, 1.165) is 17.0 Å². The van der Waals surface area contributed by atoms with E-state index in [4.69, 9.17) is 0 Å². The zero-order valence-corrected chi connectivity index (χ0v) is 17.9. The van der Waals surface area contributed by atoms with Gasteiger partial charge in [0.1, 0.15) is 0 Å². The fraction of sp³-hybridized carbons (Fsp3) is 0.600. The second-order valence-corrected chi connectivity index (χ2v) is 9.44. The molecule has 1 rings (SSSR count). The molecule has 1 aromatic carbocycles. The van der Waals surface area contributed by atoms with Gasteiger partial charge in [-0.05, 0) is 51.1 Å². The lowest BCUT2D eigenvalue weighted by Crippen LogP contribution is -2.49. The smallest absolute Gasteiger partial charge is 0.238 e. The Balaban J connectivity index is 2.51. The predicted octanol–water partition coefficient (Wildman–Crippen LogP) is 3.61. The molecule has 6 heteroatoms. The summed E-state index contributed by atoms with van der Waals surface area (Å²) in [4.78, 5) is 27.3. The van der Waals surface area contributed by atoms with E-state index in [2.05, 4.69) is 31.4 Å². The molecule has 0 bridgehead atoms. The molecule has 0 aliphatic carbocycles. The highest BCUT2D eigenvalue weighted by Crippen LogP contribution is 2.27. The van der Waals surface area contributed by atoms with Crippen LogP contribution in [0.25, 0.3) is 0 Å². The van der Waals surface area contributed by atoms with Crippen molar-refractivity contribution in [2.45, 2.75) is 51.5 Å². The summed E-state index contributed by atoms with van der Waals surface area (Å²) in [6.45, 7) is 10.9. The van der Waals surface area contributed by atoms with Crippen molar-refractivity contribution >= 4 is 29.3 Å². The molecule has 0 unspecified atom stereocenters. The Kier molecular flexibility index (Phi) is 8.15. The maximum atomic E-state index is 12.3. The Hall–Kier alpha value is -1.53. The van der Waals surface area contributed by atoms with Gasteiger partial charge in [0.2, 0.25) is 11.8 Å². The number of nitrogens with zero attached hydrogens (tertiary/aromatic N) is 1. The fourth-order valence-electron chi connectivity index (χ4n) is 3.27. The fourth-order valence-corrected chi connectivity index (χ4v) is 3.82. The number of hydrogen-bond acceptors (Lipinski definition) is 4. The van der Waals surface area contributed by atoms with Crippen molar-refractivity contribution in [3.8, 4) is 0 Å². The number of thioether (sulfide) groups is 1. The van der Waals surface area contributed by atoms with Gasteiger partial charge in [-0.3, -0.25) is 14.5 Å². The van der Waals surface area contributed by atoms with Crippen molar-refractivity contribution in [2.24, 2.45) is 5.41 Å². The summed E-state index contributed by atoms with van der Waals surface area (Å²) in [6, 6.07) is 7.68. The summed E-state index contributed by atoms with van der Waals surface area (Å²) in [5.41, 5.74) is 0.650. The van der Waals surface area contributed by atoms with Crippen LogP contribution in [-0.2, 0) is 9.59 Å². The molecule has 2 N–H and O–H groups in total. The molecule has 26 heavy (non-hydrogen) atoms. The number of benzene rings is 1. The van der Waals surface area contributed by atoms with E-state index in [1.54, 1.807) is 23.7 Å². The number of carbonyl (C=O) groups excluding carboxylic acids is 2. The zero-order valence-electron chi connectivity index (χ0n) is 17.1. The van der Waals surface area contributed by atoms with E-state index >= 15 is 0 Å². The van der Waals surface area contributed by atoms with Gasteiger partial charge in [-0.15, -0.1) is 11.8 Å². The highest BCUT2D eigenvalue weighted by atomic mass is 32.2. The number of amides is 2. The minimum Gasteiger partial charge on any atom is -0.350 e. The molecule has 1 aromatic rings. The molecule has 0 fully saturated rings. The van der Waals surface area contributed by atoms with E-state index in [1.165, 1.54) is 0 Å². The second-order valence-electron chi connectivity index (χ2n) is 8.59.